The molecule has 1 aliphatic carbocycles. The Morgan fingerprint density at radius 3 is 2.68 bits per heavy atom. The Bertz CT molecular complexity index is 1150. The van der Waals surface area contributed by atoms with Gasteiger partial charge in [0.2, 0.25) is 0 Å². The van der Waals surface area contributed by atoms with Crippen LogP contribution in [0.25, 0.3) is 0 Å². The maximum Gasteiger partial charge on any atom is 0.280 e. The van der Waals surface area contributed by atoms with Gasteiger partial charge in [-0.1, -0.05) is 47.1 Å². The number of nitrogens with one attached hydrogen (secondary N) is 1. The van der Waals surface area contributed by atoms with Crippen molar-refractivity contribution < 1.29 is 18.7 Å². The molecule has 0 radical (unpaired) electrons. The van der Waals surface area contributed by atoms with Gasteiger partial charge in [0.1, 0.15) is 6.61 Å². The van der Waals surface area contributed by atoms with Gasteiger partial charge >= 0.3 is 0 Å². The van der Waals surface area contributed by atoms with E-state index in [0.29, 0.717) is 31.9 Å². The highest BCUT2D eigenvalue weighted by Gasteiger charge is 2.27. The van der Waals surface area contributed by atoms with Crippen molar-refractivity contribution in [3.05, 3.63) is 87.2 Å². The zero-order valence-electron chi connectivity index (χ0n) is 16.1. The second-order valence-corrected chi connectivity index (χ2v) is 10.0. The molecule has 3 aromatic rings. The fraction of sp³-hybridized carbons (Fsp3) is 0.0952. The summed E-state index contributed by atoms with van der Waals surface area (Å²) in [4.78, 5) is 23.3. The Labute approximate surface area is 189 Å². The van der Waals surface area contributed by atoms with Gasteiger partial charge in [0.25, 0.3) is 5.91 Å². The third kappa shape index (κ3) is 5.33. The third-order valence-corrected chi connectivity index (χ3v) is 7.25. The molecule has 1 aromatic heterocycles. The lowest BCUT2D eigenvalue weighted by molar-refractivity contribution is -0.110. The van der Waals surface area contributed by atoms with Gasteiger partial charge in [-0.15, -0.1) is 21.9 Å². The number of anilines is 1. The second-order valence-electron chi connectivity index (χ2n) is 6.58. The highest BCUT2D eigenvalue weighted by atomic mass is 35.5. The molecule has 160 valence electrons. The molecule has 4 rings (SSSR count). The third-order valence-electron chi connectivity index (χ3n) is 4.34. The van der Waals surface area contributed by atoms with Crippen LogP contribution >= 0.6 is 33.5 Å². The Balaban J connectivity index is 1.56. The van der Waals surface area contributed by atoms with Gasteiger partial charge in [-0.2, -0.15) is 0 Å². The van der Waals surface area contributed by atoms with E-state index in [9.17, 15) is 13.9 Å². The number of aromatic nitrogens is 1. The summed E-state index contributed by atoms with van der Waals surface area (Å²) in [5.41, 5.74) is 1.30. The van der Waals surface area contributed by atoms with Crippen LogP contribution in [0.15, 0.2) is 81.1 Å². The van der Waals surface area contributed by atoms with Gasteiger partial charge in [-0.05, 0) is 29.8 Å². The van der Waals surface area contributed by atoms with Crippen LogP contribution in [0.2, 0.25) is 5.02 Å². The fourth-order valence-electron chi connectivity index (χ4n) is 2.69. The van der Waals surface area contributed by atoms with E-state index in [1.165, 1.54) is 11.3 Å². The number of nitrogens with zero attached hydrogens (tertiary/aromatic N) is 2. The van der Waals surface area contributed by atoms with Gasteiger partial charge in [-0.3, -0.25) is 19.2 Å². The first kappa shape index (κ1) is 21.5. The van der Waals surface area contributed by atoms with Crippen LogP contribution in [-0.4, -0.2) is 25.7 Å². The number of rotatable bonds is 8. The van der Waals surface area contributed by atoms with E-state index < -0.39 is 16.5 Å². The highest BCUT2D eigenvalue weighted by Crippen LogP contribution is 2.61. The van der Waals surface area contributed by atoms with E-state index in [4.69, 9.17) is 16.4 Å². The van der Waals surface area contributed by atoms with Crippen molar-refractivity contribution in [2.45, 2.75) is 17.9 Å². The van der Waals surface area contributed by atoms with Crippen molar-refractivity contribution in [2.24, 2.45) is 5.16 Å². The number of allylic oxidation sites excluding steroid dienone is 2. The summed E-state index contributed by atoms with van der Waals surface area (Å²) in [6.45, 7) is 0.126. The van der Waals surface area contributed by atoms with E-state index in [2.05, 4.69) is 15.5 Å². The van der Waals surface area contributed by atoms with Crippen molar-refractivity contribution in [3.8, 4) is 0 Å². The van der Waals surface area contributed by atoms with Gasteiger partial charge in [-0.25, -0.2) is 4.98 Å². The monoisotopic (exact) mass is 475 g/mol. The molecule has 0 fully saturated rings. The summed E-state index contributed by atoms with van der Waals surface area (Å²) in [6, 6.07) is 13.5. The molecule has 10 heteroatoms. The first-order valence-corrected chi connectivity index (χ1v) is 12.0. The van der Waals surface area contributed by atoms with Crippen molar-refractivity contribution in [2.75, 3.05) is 5.32 Å². The highest BCUT2D eigenvalue weighted by molar-refractivity contribution is 8.27. The number of hydrogen-bond acceptors (Lipinski definition) is 7. The minimum Gasteiger partial charge on any atom is -0.390 e. The van der Waals surface area contributed by atoms with E-state index in [1.54, 1.807) is 60.1 Å². The van der Waals surface area contributed by atoms with Crippen LogP contribution in [0.1, 0.15) is 17.5 Å². The topological polar surface area (TPSA) is 104 Å². The molecule has 0 saturated carbocycles. The molecule has 7 nitrogen and oxygen atoms in total. The molecule has 0 unspecified atom stereocenters. The van der Waals surface area contributed by atoms with Gasteiger partial charge in [0, 0.05) is 33.5 Å². The normalized spacial score (nSPS) is 14.0. The summed E-state index contributed by atoms with van der Waals surface area (Å²) in [7, 11) is -2.96. The minimum absolute atomic E-state index is 0.0332. The smallest absolute Gasteiger partial charge is 0.280 e. The van der Waals surface area contributed by atoms with Crippen molar-refractivity contribution in [3.63, 3.8) is 0 Å². The molecule has 0 atom stereocenters. The molecule has 31 heavy (non-hydrogen) atoms. The van der Waals surface area contributed by atoms with Gasteiger partial charge in [0.05, 0.1) is 4.90 Å². The molecule has 0 spiro atoms. The predicted molar refractivity (Wildman–Crippen MR) is 124 cm³/mol. The Hall–Kier alpha value is -2.69. The number of thiazole rings is 1. The van der Waals surface area contributed by atoms with E-state index in [-0.39, 0.29) is 12.3 Å². The number of carbonyl (C=O) groups is 1. The summed E-state index contributed by atoms with van der Waals surface area (Å²) < 4.78 is 20.7. The maximum absolute atomic E-state index is 12.8. The number of benzene rings is 2. The van der Waals surface area contributed by atoms with E-state index in [1.807, 2.05) is 6.07 Å². The standard InChI is InChI=1S/C21H18ClN3O4S2/c22-16-3-1-2-14(12-16)13-29-25-19(20(26)24-21-23-10-11-30-21)15-4-6-17(7-5-15)31(27,28)18-8-9-18/h1-8,10-12,27-28H,9,13H2,(H,23,24,26). The molecule has 0 aliphatic heterocycles. The predicted octanol–water partition coefficient (Wildman–Crippen LogP) is 5.75. The number of oxime groups is 1. The summed E-state index contributed by atoms with van der Waals surface area (Å²) >= 11 is 7.27. The van der Waals surface area contributed by atoms with Crippen LogP contribution in [0.4, 0.5) is 5.13 Å². The van der Waals surface area contributed by atoms with Crippen molar-refractivity contribution >= 4 is 50.3 Å². The Kier molecular flexibility index (Phi) is 6.40. The SMILES string of the molecule is O=C(Nc1nccs1)C(=NOCc1cccc(Cl)c1)c1ccc(S(O)(O)C2=CC2)cc1. The first-order chi connectivity index (χ1) is 14.9. The number of carbonyl (C=O) groups excluding carboxylic acids is 1. The molecule has 1 aliphatic rings. The zero-order chi connectivity index (χ0) is 21.8. The molecule has 1 heterocycles. The molecule has 0 bridgehead atoms. The maximum atomic E-state index is 12.8. The van der Waals surface area contributed by atoms with Crippen LogP contribution in [0.3, 0.4) is 0 Å². The number of halogens is 1. The molecule has 3 N–H and O–H groups in total. The average molecular weight is 476 g/mol. The van der Waals surface area contributed by atoms with Crippen LogP contribution < -0.4 is 5.32 Å². The Morgan fingerprint density at radius 1 is 1.26 bits per heavy atom. The van der Waals surface area contributed by atoms with Crippen molar-refractivity contribution in [1.29, 1.82) is 0 Å². The summed E-state index contributed by atoms with van der Waals surface area (Å²) in [6.07, 6.45) is 3.96. The van der Waals surface area contributed by atoms with Crippen LogP contribution in [0.5, 0.6) is 0 Å². The summed E-state index contributed by atoms with van der Waals surface area (Å²) in [5, 5.41) is 9.48. The average Bonchev–Trinajstić information content (AvgIpc) is 3.50. The lowest BCUT2D eigenvalue weighted by atomic mass is 10.1. The van der Waals surface area contributed by atoms with Crippen LogP contribution in [0, 0.1) is 0 Å². The van der Waals surface area contributed by atoms with Gasteiger partial charge in [0.15, 0.2) is 10.8 Å². The zero-order valence-corrected chi connectivity index (χ0v) is 18.5. The number of hydrogen-bond donors (Lipinski definition) is 3. The lowest BCUT2D eigenvalue weighted by Crippen LogP contribution is -2.24. The molecular weight excluding hydrogens is 458 g/mol. The Morgan fingerprint density at radius 2 is 2.03 bits per heavy atom. The van der Waals surface area contributed by atoms with E-state index in [0.717, 1.165) is 5.56 Å². The second kappa shape index (κ2) is 9.21. The largest absolute Gasteiger partial charge is 0.390 e. The quantitative estimate of drug-likeness (QED) is 0.284. The first-order valence-electron chi connectivity index (χ1n) is 9.16. The molecular formula is C21H18ClN3O4S2. The minimum atomic E-state index is -2.96. The van der Waals surface area contributed by atoms with Crippen LogP contribution in [-0.2, 0) is 16.2 Å². The molecule has 2 aromatic carbocycles. The van der Waals surface area contributed by atoms with E-state index >= 15 is 0 Å². The summed E-state index contributed by atoms with van der Waals surface area (Å²) in [5.74, 6) is -0.495. The fourth-order valence-corrected chi connectivity index (χ4v) is 4.80. The lowest BCUT2D eigenvalue weighted by Gasteiger charge is -2.30. The molecule has 1 amide bonds. The number of amides is 1. The van der Waals surface area contributed by atoms with Crippen molar-refractivity contribution in [1.82, 2.24) is 4.98 Å². The molecule has 0 saturated heterocycles. The van der Waals surface area contributed by atoms with Gasteiger partial charge < -0.3 is 4.84 Å².